The van der Waals surface area contributed by atoms with Crippen LogP contribution in [0.15, 0.2) is 12.2 Å². The highest BCUT2D eigenvalue weighted by Gasteiger charge is 2.64. The highest BCUT2D eigenvalue weighted by Crippen LogP contribution is 2.66. The number of allylic oxidation sites excluding steroid dienone is 2. The van der Waals surface area contributed by atoms with E-state index < -0.39 is 108 Å². The molecule has 0 aromatic carbocycles. The van der Waals surface area contributed by atoms with Gasteiger partial charge in [-0.2, -0.15) is 0 Å². The summed E-state index contributed by atoms with van der Waals surface area (Å²) in [5.74, 6) is -7.74. The van der Waals surface area contributed by atoms with Crippen LogP contribution in [0.1, 0.15) is 85.5 Å². The van der Waals surface area contributed by atoms with Crippen LogP contribution in [0, 0.1) is 58.2 Å². The van der Waals surface area contributed by atoms with Gasteiger partial charge < -0.3 is 40.2 Å². The van der Waals surface area contributed by atoms with Gasteiger partial charge in [0.2, 0.25) is 23.6 Å². The minimum atomic E-state index is -1.39. The number of cyclic esters (lactones) is 2. The molecule has 0 radical (unpaired) electrons. The SMILES string of the molecule is COC(=O)[C@H]1COC(=O)C23CC4CC(C2)CC(C4)(C3)C(=O)OC[C@H](C(=O)OC)NC(=O)[C@@H](CC(C)C)NC(=O)[C@H]2[C@@H](C(=O)N[C@H](CC(C)C)C(=O)N1)[C@H]1C=C[C@@H]2C1. The summed E-state index contributed by atoms with van der Waals surface area (Å²) >= 11 is 0. The van der Waals surface area contributed by atoms with Crippen molar-refractivity contribution in [3.8, 4) is 0 Å². The lowest BCUT2D eigenvalue weighted by molar-refractivity contribution is -0.195. The van der Waals surface area contributed by atoms with Crippen molar-refractivity contribution >= 4 is 47.5 Å². The first-order valence-electron chi connectivity index (χ1n) is 20.4. The Balaban J connectivity index is 1.34. The lowest BCUT2D eigenvalue weighted by atomic mass is 9.44. The van der Waals surface area contributed by atoms with Crippen LogP contribution < -0.4 is 21.3 Å². The maximum absolute atomic E-state index is 14.2. The first-order chi connectivity index (χ1) is 27.0. The Kier molecular flexibility index (Phi) is 12.4. The third-order valence-electron chi connectivity index (χ3n) is 13.0. The molecule has 7 aliphatic rings. The van der Waals surface area contributed by atoms with Crippen LogP contribution in [-0.2, 0) is 57.3 Å². The lowest BCUT2D eigenvalue weighted by Gasteiger charge is -2.59. The molecule has 1 saturated heterocycles. The number of methoxy groups -OCH3 is 2. The van der Waals surface area contributed by atoms with Gasteiger partial charge in [0.15, 0.2) is 12.1 Å². The van der Waals surface area contributed by atoms with Crippen molar-refractivity contribution in [3.63, 3.8) is 0 Å². The molecule has 2 spiro atoms. The quantitative estimate of drug-likeness (QED) is 0.171. The average molecular weight is 799 g/mol. The van der Waals surface area contributed by atoms with Gasteiger partial charge in [-0.3, -0.25) is 28.8 Å². The van der Waals surface area contributed by atoms with Gasteiger partial charge >= 0.3 is 23.9 Å². The van der Waals surface area contributed by atoms with E-state index in [1.165, 1.54) is 0 Å². The van der Waals surface area contributed by atoms with Crippen LogP contribution in [0.5, 0.6) is 0 Å². The number of nitrogens with one attached hydrogen (secondary N) is 4. The summed E-state index contributed by atoms with van der Waals surface area (Å²) in [5, 5.41) is 11.0. The Labute approximate surface area is 333 Å². The number of rotatable bonds is 6. The van der Waals surface area contributed by atoms with Gasteiger partial charge in [-0.15, -0.1) is 0 Å². The minimum absolute atomic E-state index is 0.0266. The summed E-state index contributed by atoms with van der Waals surface area (Å²) in [6, 6.07) is -5.01. The standard InChI is InChI=1S/C41H58N4O12/c1-20(2)9-26-32(46)44-28(36(50)54-5)17-56-38(52)40-13-22-11-23(14-40)16-41(15-22,19-40)39(53)57-18-29(37(51)55-6)45-33(47)27(10-21(3)4)43-35(49)31-25-8-7-24(12-25)30(31)34(48)42-26/h7-8,20-31H,9-19H2,1-6H3,(H,42,48)(H,43,49)(H,44,46)(H,45,47)/t22?,23?,24-,25+,26-,27-,28-,29-,30-,31+,40?,41?/m1/s1. The smallest absolute Gasteiger partial charge is 0.331 e. The molecule has 2 unspecified atom stereocenters. The molecule has 6 fully saturated rings. The second-order valence-electron chi connectivity index (χ2n) is 18.3. The summed E-state index contributed by atoms with van der Waals surface area (Å²) in [5.41, 5.74) is -2.08. The molecule has 10 atom stereocenters. The van der Waals surface area contributed by atoms with Gasteiger partial charge in [-0.1, -0.05) is 39.8 Å². The van der Waals surface area contributed by atoms with E-state index in [1.54, 1.807) is 0 Å². The van der Waals surface area contributed by atoms with Gasteiger partial charge in [0, 0.05) is 0 Å². The molecule has 5 saturated carbocycles. The Morgan fingerprint density at radius 3 is 1.37 bits per heavy atom. The molecule has 0 aromatic rings. The predicted molar refractivity (Wildman–Crippen MR) is 200 cm³/mol. The molecule has 314 valence electrons. The highest BCUT2D eigenvalue weighted by molar-refractivity contribution is 5.96. The van der Waals surface area contributed by atoms with Crippen molar-refractivity contribution in [2.45, 2.75) is 110 Å². The molecule has 57 heavy (non-hydrogen) atoms. The average Bonchev–Trinajstić information content (AvgIpc) is 3.78. The van der Waals surface area contributed by atoms with E-state index in [0.29, 0.717) is 32.1 Å². The third-order valence-corrected chi connectivity index (χ3v) is 13.0. The summed E-state index contributed by atoms with van der Waals surface area (Å²) in [6.45, 7) is 6.42. The van der Waals surface area contributed by atoms with Gasteiger partial charge in [0.25, 0.3) is 0 Å². The second-order valence-corrected chi connectivity index (χ2v) is 18.3. The maximum atomic E-state index is 14.2. The Bertz CT molecular complexity index is 1550. The first-order valence-corrected chi connectivity index (χ1v) is 20.4. The van der Waals surface area contributed by atoms with Crippen LogP contribution in [0.2, 0.25) is 0 Å². The zero-order chi connectivity index (χ0) is 41.4. The first kappa shape index (κ1) is 42.1. The number of amides is 4. The summed E-state index contributed by atoms with van der Waals surface area (Å²) < 4.78 is 21.6. The van der Waals surface area contributed by atoms with Crippen LogP contribution in [0.25, 0.3) is 0 Å². The number of hydrogen-bond acceptors (Lipinski definition) is 12. The summed E-state index contributed by atoms with van der Waals surface area (Å²) in [4.78, 5) is 110. The van der Waals surface area contributed by atoms with Crippen molar-refractivity contribution < 1.29 is 57.3 Å². The van der Waals surface area contributed by atoms with Gasteiger partial charge in [0.05, 0.1) is 36.9 Å². The van der Waals surface area contributed by atoms with Gasteiger partial charge in [-0.05, 0) is 93.3 Å². The van der Waals surface area contributed by atoms with Crippen LogP contribution in [0.4, 0.5) is 0 Å². The fraction of sp³-hybridized carbons (Fsp3) is 0.756. The van der Waals surface area contributed by atoms with Crippen LogP contribution in [0.3, 0.4) is 0 Å². The minimum Gasteiger partial charge on any atom is -0.467 e. The molecular weight excluding hydrogens is 740 g/mol. The monoisotopic (exact) mass is 798 g/mol. The van der Waals surface area contributed by atoms with E-state index in [-0.39, 0.29) is 54.8 Å². The number of hydrogen-bond donors (Lipinski definition) is 4. The highest BCUT2D eigenvalue weighted by atomic mass is 16.6. The number of carbonyl (C=O) groups excluding carboxylic acids is 8. The Morgan fingerprint density at radius 1 is 0.632 bits per heavy atom. The van der Waals surface area contributed by atoms with E-state index in [2.05, 4.69) is 21.3 Å². The molecule has 16 nitrogen and oxygen atoms in total. The second kappa shape index (κ2) is 16.8. The zero-order valence-electron chi connectivity index (χ0n) is 33.8. The molecule has 4 amide bonds. The number of carbonyl (C=O) groups is 8. The van der Waals surface area contributed by atoms with Crippen molar-refractivity contribution in [2.24, 2.45) is 58.2 Å². The van der Waals surface area contributed by atoms with E-state index >= 15 is 0 Å². The fourth-order valence-electron chi connectivity index (χ4n) is 11.0. The maximum Gasteiger partial charge on any atom is 0.331 e. The van der Waals surface area contributed by atoms with E-state index in [4.69, 9.17) is 18.9 Å². The van der Waals surface area contributed by atoms with Crippen LogP contribution in [-0.4, -0.2) is 99.1 Å². The molecule has 0 aromatic heterocycles. The number of esters is 4. The Morgan fingerprint density at radius 2 is 1.02 bits per heavy atom. The fourth-order valence-corrected chi connectivity index (χ4v) is 11.0. The molecule has 16 heteroatoms. The summed E-state index contributed by atoms with van der Waals surface area (Å²) in [7, 11) is 2.30. The van der Waals surface area contributed by atoms with E-state index in [9.17, 15) is 38.4 Å². The van der Waals surface area contributed by atoms with Crippen molar-refractivity contribution in [1.29, 1.82) is 0 Å². The molecule has 1 heterocycles. The van der Waals surface area contributed by atoms with Crippen molar-refractivity contribution in [1.82, 2.24) is 21.3 Å². The molecule has 7 rings (SSSR count). The lowest BCUT2D eigenvalue weighted by Crippen LogP contribution is -2.59. The van der Waals surface area contributed by atoms with E-state index in [0.717, 1.165) is 20.6 Å². The Hall–Kier alpha value is -4.50. The molecule has 6 bridgehead atoms. The van der Waals surface area contributed by atoms with Crippen molar-refractivity contribution in [2.75, 3.05) is 27.4 Å². The molecule has 4 N–H and O–H groups in total. The number of fused-ring (bicyclic) bond motifs is 5. The summed E-state index contributed by atoms with van der Waals surface area (Å²) in [6.07, 6.45) is 7.59. The molecule has 1 aliphatic heterocycles. The van der Waals surface area contributed by atoms with Crippen molar-refractivity contribution in [3.05, 3.63) is 12.2 Å². The topological polar surface area (TPSA) is 222 Å². The molecular formula is C41H58N4O12. The third kappa shape index (κ3) is 8.69. The zero-order valence-corrected chi connectivity index (χ0v) is 33.8. The van der Waals surface area contributed by atoms with Crippen LogP contribution >= 0.6 is 0 Å². The van der Waals surface area contributed by atoms with Gasteiger partial charge in [-0.25, -0.2) is 9.59 Å². The van der Waals surface area contributed by atoms with Gasteiger partial charge in [0.1, 0.15) is 25.3 Å². The normalized spacial score (nSPS) is 38.4. The van der Waals surface area contributed by atoms with E-state index in [1.807, 2.05) is 39.8 Å². The number of ether oxygens (including phenoxy) is 4. The predicted octanol–water partition coefficient (Wildman–Crippen LogP) is 1.49. The largest absolute Gasteiger partial charge is 0.467 e. The molecule has 6 aliphatic carbocycles.